The van der Waals surface area contributed by atoms with Gasteiger partial charge in [-0.25, -0.2) is 9.97 Å². The average Bonchev–Trinajstić information content (AvgIpc) is 2.88. The van der Waals surface area contributed by atoms with Crippen LogP contribution in [0, 0.1) is 5.95 Å². The summed E-state index contributed by atoms with van der Waals surface area (Å²) < 4.78 is 15.0. The number of hydrogen-bond donors (Lipinski definition) is 2. The van der Waals surface area contributed by atoms with E-state index in [9.17, 15) is 4.79 Å². The average molecular weight is 513 g/mol. The molecular formula is C30H33FN6O. The van der Waals surface area contributed by atoms with Crippen LogP contribution in [0.5, 0.6) is 0 Å². The van der Waals surface area contributed by atoms with Gasteiger partial charge in [-0.3, -0.25) is 9.69 Å². The zero-order valence-electron chi connectivity index (χ0n) is 21.9. The Morgan fingerprint density at radius 1 is 0.947 bits per heavy atom. The minimum absolute atomic E-state index is 0.106. The molecule has 0 unspecified atom stereocenters. The summed E-state index contributed by atoms with van der Waals surface area (Å²) in [6.45, 7) is 8.48. The third kappa shape index (κ3) is 4.53. The number of pyridine rings is 1. The number of piperazine rings is 1. The third-order valence-electron chi connectivity index (χ3n) is 8.12. The van der Waals surface area contributed by atoms with Gasteiger partial charge < -0.3 is 15.6 Å². The van der Waals surface area contributed by atoms with Gasteiger partial charge in [0.15, 0.2) is 0 Å². The summed E-state index contributed by atoms with van der Waals surface area (Å²) in [6, 6.07) is 15.7. The van der Waals surface area contributed by atoms with Crippen molar-refractivity contribution in [3.63, 3.8) is 0 Å². The Hall–Kier alpha value is -3.78. The molecule has 1 aliphatic carbocycles. The van der Waals surface area contributed by atoms with E-state index in [-0.39, 0.29) is 11.4 Å². The standard InChI is InChI=1S/C30H33FN6O/c1-18(2)36-12-14-37(15-13-36)22-9-6-19(7-10-22)24-17-25(28(32)34-27(24)31)21-8-11-23-26(16-21)33-29(35-30(23)38)20-4-3-5-20/h6-11,16-18,20H,3-5,12-15H2,1-2H3,(H2,32,34)(H,33,35,38). The predicted molar refractivity (Wildman–Crippen MR) is 151 cm³/mol. The normalized spacial score (nSPS) is 16.8. The van der Waals surface area contributed by atoms with Crippen molar-refractivity contribution in [2.45, 2.75) is 45.1 Å². The van der Waals surface area contributed by atoms with Gasteiger partial charge in [0.2, 0.25) is 5.95 Å². The fourth-order valence-corrected chi connectivity index (χ4v) is 5.49. The van der Waals surface area contributed by atoms with Gasteiger partial charge >= 0.3 is 0 Å². The van der Waals surface area contributed by atoms with Crippen molar-refractivity contribution < 1.29 is 4.39 Å². The zero-order chi connectivity index (χ0) is 26.4. The molecule has 8 heteroatoms. The zero-order valence-corrected chi connectivity index (χ0v) is 21.9. The van der Waals surface area contributed by atoms with Gasteiger partial charge in [0.25, 0.3) is 5.56 Å². The van der Waals surface area contributed by atoms with Gasteiger partial charge in [0.1, 0.15) is 11.6 Å². The molecule has 1 saturated heterocycles. The number of halogens is 1. The largest absolute Gasteiger partial charge is 0.383 e. The maximum Gasteiger partial charge on any atom is 0.258 e. The highest BCUT2D eigenvalue weighted by Crippen LogP contribution is 2.36. The number of aromatic amines is 1. The topological polar surface area (TPSA) is 91.1 Å². The van der Waals surface area contributed by atoms with E-state index in [1.807, 2.05) is 36.4 Å². The van der Waals surface area contributed by atoms with E-state index < -0.39 is 5.95 Å². The van der Waals surface area contributed by atoms with Gasteiger partial charge in [0, 0.05) is 55.0 Å². The van der Waals surface area contributed by atoms with Crippen LogP contribution in [0.25, 0.3) is 33.2 Å². The molecule has 2 aromatic carbocycles. The first-order valence-corrected chi connectivity index (χ1v) is 13.5. The molecule has 6 rings (SSSR count). The number of nitrogens with two attached hydrogens (primary N) is 1. The van der Waals surface area contributed by atoms with Crippen LogP contribution in [0.15, 0.2) is 53.3 Å². The van der Waals surface area contributed by atoms with E-state index in [1.165, 1.54) is 0 Å². The van der Waals surface area contributed by atoms with Crippen LogP contribution in [0.2, 0.25) is 0 Å². The summed E-state index contributed by atoms with van der Waals surface area (Å²) in [6.07, 6.45) is 3.24. The van der Waals surface area contributed by atoms with Crippen LogP contribution >= 0.6 is 0 Å². The van der Waals surface area contributed by atoms with Gasteiger partial charge in [0.05, 0.1) is 10.9 Å². The minimum atomic E-state index is -0.604. The Morgan fingerprint density at radius 3 is 2.32 bits per heavy atom. The molecule has 0 spiro atoms. The SMILES string of the molecule is CC(C)N1CCN(c2ccc(-c3cc(-c4ccc5c(=O)[nH]c(C6CCC6)nc5c4)c(N)nc3F)cc2)CC1. The number of nitrogens with zero attached hydrogens (tertiary/aromatic N) is 4. The number of benzene rings is 2. The molecule has 0 amide bonds. The molecule has 2 fully saturated rings. The van der Waals surface area contributed by atoms with E-state index in [0.717, 1.165) is 68.1 Å². The molecule has 0 atom stereocenters. The second-order valence-electron chi connectivity index (χ2n) is 10.7. The predicted octanol–water partition coefficient (Wildman–Crippen LogP) is 5.17. The summed E-state index contributed by atoms with van der Waals surface area (Å²) in [4.78, 5) is 29.2. The number of fused-ring (bicyclic) bond motifs is 1. The number of nitrogens with one attached hydrogen (secondary N) is 1. The van der Waals surface area contributed by atoms with Crippen molar-refractivity contribution in [3.8, 4) is 22.3 Å². The molecule has 0 bridgehead atoms. The van der Waals surface area contributed by atoms with Gasteiger partial charge in [-0.1, -0.05) is 24.6 Å². The molecule has 0 radical (unpaired) electrons. The highest BCUT2D eigenvalue weighted by Gasteiger charge is 2.23. The molecule has 7 nitrogen and oxygen atoms in total. The number of H-pyrrole nitrogens is 1. The molecular weight excluding hydrogens is 479 g/mol. The Kier molecular flexibility index (Phi) is 6.35. The van der Waals surface area contributed by atoms with Crippen molar-refractivity contribution in [3.05, 3.63) is 70.7 Å². The molecule has 4 aromatic rings. The molecule has 3 heterocycles. The van der Waals surface area contributed by atoms with E-state index in [2.05, 4.69) is 33.6 Å². The van der Waals surface area contributed by atoms with Crippen LogP contribution in [0.4, 0.5) is 15.9 Å². The number of nitrogen functional groups attached to an aromatic ring is 1. The summed E-state index contributed by atoms with van der Waals surface area (Å²) in [7, 11) is 0. The summed E-state index contributed by atoms with van der Waals surface area (Å²) in [5.41, 5.74) is 10.3. The van der Waals surface area contributed by atoms with Crippen LogP contribution in [-0.4, -0.2) is 52.1 Å². The lowest BCUT2D eigenvalue weighted by Gasteiger charge is -2.38. The lowest BCUT2D eigenvalue weighted by Crippen LogP contribution is -2.48. The maximum atomic E-state index is 15.0. The smallest absolute Gasteiger partial charge is 0.258 e. The van der Waals surface area contributed by atoms with E-state index >= 15 is 4.39 Å². The summed E-state index contributed by atoms with van der Waals surface area (Å²) in [5.74, 6) is 0.547. The number of anilines is 2. The number of rotatable bonds is 5. The van der Waals surface area contributed by atoms with Crippen molar-refractivity contribution in [1.29, 1.82) is 0 Å². The fourth-order valence-electron chi connectivity index (χ4n) is 5.49. The molecule has 196 valence electrons. The minimum Gasteiger partial charge on any atom is -0.383 e. The maximum absolute atomic E-state index is 15.0. The second kappa shape index (κ2) is 9.83. The Labute approximate surface area is 221 Å². The Morgan fingerprint density at radius 2 is 1.66 bits per heavy atom. The van der Waals surface area contributed by atoms with Crippen molar-refractivity contribution >= 4 is 22.4 Å². The van der Waals surface area contributed by atoms with Crippen LogP contribution in [-0.2, 0) is 0 Å². The first kappa shape index (κ1) is 24.6. The highest BCUT2D eigenvalue weighted by atomic mass is 19.1. The molecule has 1 saturated carbocycles. The van der Waals surface area contributed by atoms with Gasteiger partial charge in [-0.05, 0) is 68.1 Å². The quantitative estimate of drug-likeness (QED) is 0.359. The lowest BCUT2D eigenvalue weighted by atomic mass is 9.85. The Bertz CT molecular complexity index is 1540. The van der Waals surface area contributed by atoms with E-state index in [1.54, 1.807) is 12.1 Å². The first-order chi connectivity index (χ1) is 18.4. The van der Waals surface area contributed by atoms with Crippen LogP contribution < -0.4 is 16.2 Å². The molecule has 2 aromatic heterocycles. The monoisotopic (exact) mass is 512 g/mol. The van der Waals surface area contributed by atoms with E-state index in [4.69, 9.17) is 10.7 Å². The number of hydrogen-bond acceptors (Lipinski definition) is 6. The molecule has 1 aliphatic heterocycles. The fraction of sp³-hybridized carbons (Fsp3) is 0.367. The first-order valence-electron chi connectivity index (χ1n) is 13.5. The summed E-state index contributed by atoms with van der Waals surface area (Å²) >= 11 is 0. The molecule has 3 N–H and O–H groups in total. The third-order valence-corrected chi connectivity index (χ3v) is 8.12. The van der Waals surface area contributed by atoms with Crippen molar-refractivity contribution in [1.82, 2.24) is 19.9 Å². The Balaban J connectivity index is 1.31. The van der Waals surface area contributed by atoms with Crippen LogP contribution in [0.3, 0.4) is 0 Å². The van der Waals surface area contributed by atoms with E-state index in [0.29, 0.717) is 34.0 Å². The number of aromatic nitrogens is 3. The lowest BCUT2D eigenvalue weighted by molar-refractivity contribution is 0.209. The molecule has 2 aliphatic rings. The highest BCUT2D eigenvalue weighted by molar-refractivity contribution is 5.87. The molecule has 38 heavy (non-hydrogen) atoms. The second-order valence-corrected chi connectivity index (χ2v) is 10.7. The van der Waals surface area contributed by atoms with Crippen molar-refractivity contribution in [2.24, 2.45) is 0 Å². The summed E-state index contributed by atoms with van der Waals surface area (Å²) in [5, 5.41) is 0.524. The van der Waals surface area contributed by atoms with Crippen molar-refractivity contribution in [2.75, 3.05) is 36.8 Å². The van der Waals surface area contributed by atoms with Gasteiger partial charge in [-0.15, -0.1) is 0 Å². The van der Waals surface area contributed by atoms with Gasteiger partial charge in [-0.2, -0.15) is 4.39 Å². The van der Waals surface area contributed by atoms with Crippen LogP contribution in [0.1, 0.15) is 44.9 Å².